The second-order valence-corrected chi connectivity index (χ2v) is 22.2. The predicted octanol–water partition coefficient (Wildman–Crippen LogP) is 7.96. The van der Waals surface area contributed by atoms with Crippen LogP contribution in [0.5, 0.6) is 12.0 Å². The largest absolute Gasteiger partial charge is 0.479 e. The summed E-state index contributed by atoms with van der Waals surface area (Å²) >= 11 is 0. The molecule has 0 aliphatic carbocycles. The molecule has 12 N–H and O–H groups in total. The van der Waals surface area contributed by atoms with E-state index in [1.54, 1.807) is 0 Å². The smallest absolute Gasteiger partial charge is 0.337 e. The van der Waals surface area contributed by atoms with Crippen LogP contribution in [0.1, 0.15) is 20.7 Å². The molecule has 0 spiro atoms. The standard InChI is InChI=1S/C46H32N14O18S4/c61-39(62)31-20-34(50-44-52-42(54-46(66)56-44)48-22-9-13-24(14-10-22)58-60-26-16-30-28(38(18-26)82(76,77)78)4-2-6-36(30)80(70,71)72)32(40(63)64)19-33(31)49-43-51-41(53-45(65)55-43)47-21-7-11-23(12-8-21)57-59-25-15-29-27(37(17-25)81(73,74)75)3-1-5-35(29)79(67,68)69/h1-20H,(H,61,62)(H,63,64)(H,67,68,69)(H,70,71,72)(H,73,74,75)(H,76,77,78)(H3,47,49,51,53,55,65)(H3,48,50,52,54,56,66). The lowest BCUT2D eigenvalue weighted by molar-refractivity contribution is 0.0683. The van der Waals surface area contributed by atoms with Crippen LogP contribution >= 0.6 is 0 Å². The molecule has 0 bridgehead atoms. The topological polar surface area (TPSA) is 507 Å². The maximum Gasteiger partial charge on any atom is 0.337 e. The summed E-state index contributed by atoms with van der Waals surface area (Å²) in [5, 5.41) is 66.8. The molecule has 0 saturated carbocycles. The van der Waals surface area contributed by atoms with Gasteiger partial charge < -0.3 is 41.7 Å². The van der Waals surface area contributed by atoms with Crippen LogP contribution in [0.15, 0.2) is 161 Å². The summed E-state index contributed by atoms with van der Waals surface area (Å²) in [5.41, 5.74) is -1.59. The van der Waals surface area contributed by atoms with Gasteiger partial charge in [0, 0.05) is 32.9 Å². The second-order valence-electron chi connectivity index (χ2n) is 16.6. The molecule has 36 heteroatoms. The van der Waals surface area contributed by atoms with Crippen molar-refractivity contribution < 1.29 is 81.9 Å². The fourth-order valence-corrected chi connectivity index (χ4v) is 10.5. The fourth-order valence-electron chi connectivity index (χ4n) is 7.68. The van der Waals surface area contributed by atoms with Gasteiger partial charge in [-0.2, -0.15) is 84.0 Å². The van der Waals surface area contributed by atoms with Crippen molar-refractivity contribution >= 4 is 143 Å². The van der Waals surface area contributed by atoms with Crippen LogP contribution in [0.25, 0.3) is 21.5 Å². The first-order chi connectivity index (χ1) is 38.5. The molecule has 0 atom stereocenters. The third kappa shape index (κ3) is 12.9. The van der Waals surface area contributed by atoms with Gasteiger partial charge in [0.2, 0.25) is 23.8 Å². The van der Waals surface area contributed by atoms with Gasteiger partial charge >= 0.3 is 24.0 Å². The molecule has 32 nitrogen and oxygen atoms in total. The van der Waals surface area contributed by atoms with Gasteiger partial charge in [-0.15, -0.1) is 0 Å². The van der Waals surface area contributed by atoms with E-state index in [1.807, 2.05) is 0 Å². The van der Waals surface area contributed by atoms with Crippen LogP contribution < -0.4 is 21.3 Å². The molecule has 2 aromatic heterocycles. The minimum atomic E-state index is -4.92. The Morgan fingerprint density at radius 2 is 0.683 bits per heavy atom. The number of carbonyl (C=O) groups is 2. The number of nitrogens with one attached hydrogen (secondary N) is 4. The number of aromatic nitrogens is 6. The number of carboxylic acid groups (broad SMARTS) is 2. The minimum absolute atomic E-state index is 0.154. The third-order valence-corrected chi connectivity index (χ3v) is 14.7. The molecule has 0 saturated heterocycles. The number of aromatic hydroxyl groups is 2. The second kappa shape index (κ2) is 21.7. The maximum absolute atomic E-state index is 12.6. The van der Waals surface area contributed by atoms with Crippen molar-refractivity contribution in [3.63, 3.8) is 0 Å². The number of carboxylic acids is 2. The Morgan fingerprint density at radius 1 is 0.366 bits per heavy atom. The van der Waals surface area contributed by atoms with Gasteiger partial charge in [-0.3, -0.25) is 18.2 Å². The van der Waals surface area contributed by atoms with Crippen molar-refractivity contribution in [3.05, 3.63) is 132 Å². The van der Waals surface area contributed by atoms with Gasteiger partial charge in [0.1, 0.15) is 19.6 Å². The molecule has 9 rings (SSSR count). The quantitative estimate of drug-likeness (QED) is 0.0286. The number of azo groups is 2. The lowest BCUT2D eigenvalue weighted by Crippen LogP contribution is -2.12. The van der Waals surface area contributed by atoms with E-state index in [4.69, 9.17) is 0 Å². The first-order valence-electron chi connectivity index (χ1n) is 22.3. The average Bonchev–Trinajstić information content (AvgIpc) is 3.17. The molecule has 0 radical (unpaired) electrons. The summed E-state index contributed by atoms with van der Waals surface area (Å²) in [4.78, 5) is 45.8. The van der Waals surface area contributed by atoms with Crippen molar-refractivity contribution in [2.75, 3.05) is 21.3 Å². The van der Waals surface area contributed by atoms with Crippen LogP contribution in [0.2, 0.25) is 0 Å². The van der Waals surface area contributed by atoms with Crippen LogP contribution in [0.3, 0.4) is 0 Å². The molecular formula is C46H32N14O18S4. The van der Waals surface area contributed by atoms with Gasteiger partial charge in [0.05, 0.1) is 45.3 Å². The third-order valence-electron chi connectivity index (χ3n) is 11.1. The van der Waals surface area contributed by atoms with Crippen molar-refractivity contribution in [1.82, 2.24) is 29.9 Å². The molecule has 0 amide bonds. The normalized spacial score (nSPS) is 12.2. The van der Waals surface area contributed by atoms with E-state index in [2.05, 4.69) is 71.6 Å². The van der Waals surface area contributed by atoms with Crippen molar-refractivity contribution in [2.45, 2.75) is 19.6 Å². The zero-order valence-electron chi connectivity index (χ0n) is 40.3. The zero-order valence-corrected chi connectivity index (χ0v) is 43.6. The van der Waals surface area contributed by atoms with Crippen molar-refractivity contribution in [2.24, 2.45) is 20.5 Å². The summed E-state index contributed by atoms with van der Waals surface area (Å²) in [5.74, 6) is -4.81. The van der Waals surface area contributed by atoms with Crippen LogP contribution in [0, 0.1) is 0 Å². The highest BCUT2D eigenvalue weighted by Crippen LogP contribution is 2.37. The number of benzene rings is 7. The molecule has 0 unspecified atom stereocenters. The highest BCUT2D eigenvalue weighted by Gasteiger charge is 2.25. The van der Waals surface area contributed by atoms with Crippen molar-refractivity contribution in [3.8, 4) is 12.0 Å². The highest BCUT2D eigenvalue weighted by molar-refractivity contribution is 7.87. The Balaban J connectivity index is 0.900. The SMILES string of the molecule is O=C(O)c1cc(Nc2nc(O)nc(Nc3ccc(N=Nc4cc(S(=O)(=O)O)c5cccc(S(=O)(=O)O)c5c4)cc3)n2)c(C(=O)O)cc1Nc1nc(O)nc(Nc2ccc(N=Nc3cc(S(=O)(=O)O)c4cccc(S(=O)(=O)O)c4c3)cc2)n1. The van der Waals surface area contributed by atoms with Crippen LogP contribution in [-0.2, 0) is 40.5 Å². The fraction of sp³-hybridized carbons (Fsp3) is 0. The number of fused-ring (bicyclic) bond motifs is 2. The van der Waals surface area contributed by atoms with E-state index in [0.717, 1.165) is 48.5 Å². The summed E-state index contributed by atoms with van der Waals surface area (Å²) in [7, 11) is -19.5. The Bertz CT molecular complexity index is 4380. The zero-order chi connectivity index (χ0) is 59.1. The molecular weight excluding hydrogens is 1160 g/mol. The Labute approximate surface area is 458 Å². The molecule has 0 fully saturated rings. The Hall–Kier alpha value is -10.3. The Kier molecular flexibility index (Phi) is 14.9. The molecule has 0 aliphatic heterocycles. The van der Waals surface area contributed by atoms with E-state index in [-0.39, 0.29) is 67.6 Å². The lowest BCUT2D eigenvalue weighted by Gasteiger charge is -2.15. The van der Waals surface area contributed by atoms with Gasteiger partial charge in [0.25, 0.3) is 40.5 Å². The lowest BCUT2D eigenvalue weighted by atomic mass is 10.1. The maximum atomic E-state index is 12.6. The van der Waals surface area contributed by atoms with Crippen LogP contribution in [0.4, 0.5) is 69.3 Å². The number of aromatic carboxylic acids is 2. The van der Waals surface area contributed by atoms with E-state index in [0.29, 0.717) is 0 Å². The van der Waals surface area contributed by atoms with Crippen LogP contribution in [-0.4, -0.2) is 114 Å². The number of hydrogen-bond donors (Lipinski definition) is 12. The van der Waals surface area contributed by atoms with E-state index in [9.17, 15) is 81.9 Å². The minimum Gasteiger partial charge on any atom is -0.479 e. The number of nitrogens with zero attached hydrogens (tertiary/aromatic N) is 10. The summed E-state index contributed by atoms with van der Waals surface area (Å²) in [6.07, 6.45) is 0. The van der Waals surface area contributed by atoms with Crippen molar-refractivity contribution in [1.29, 1.82) is 0 Å². The predicted molar refractivity (Wildman–Crippen MR) is 285 cm³/mol. The monoisotopic (exact) mass is 1200 g/mol. The van der Waals surface area contributed by atoms with Gasteiger partial charge in [-0.1, -0.05) is 24.3 Å². The summed E-state index contributed by atoms with van der Waals surface area (Å²) in [6.45, 7) is 0. The van der Waals surface area contributed by atoms with Gasteiger partial charge in [-0.05, 0) is 97.1 Å². The van der Waals surface area contributed by atoms with Gasteiger partial charge in [0.15, 0.2) is 0 Å². The summed E-state index contributed by atoms with van der Waals surface area (Å²) < 4.78 is 136. The first-order valence-corrected chi connectivity index (χ1v) is 28.0. The molecule has 0 aliphatic rings. The first kappa shape index (κ1) is 56.4. The molecule has 82 heavy (non-hydrogen) atoms. The molecule has 418 valence electrons. The Morgan fingerprint density at radius 3 is 1.00 bits per heavy atom. The molecule has 2 heterocycles. The summed E-state index contributed by atoms with van der Waals surface area (Å²) in [6, 6.07) is 22.2. The number of hydrogen-bond acceptors (Lipinski definition) is 26. The molecule has 7 aromatic carbocycles. The number of anilines is 8. The molecule has 9 aromatic rings. The average molecular weight is 1200 g/mol. The van der Waals surface area contributed by atoms with E-state index < -0.39 is 118 Å². The van der Waals surface area contributed by atoms with Gasteiger partial charge in [-0.25, -0.2) is 9.59 Å². The van der Waals surface area contributed by atoms with E-state index >= 15 is 0 Å². The highest BCUT2D eigenvalue weighted by atomic mass is 32.2. The number of rotatable bonds is 18. The van der Waals surface area contributed by atoms with E-state index in [1.165, 1.54) is 72.8 Å².